The summed E-state index contributed by atoms with van der Waals surface area (Å²) in [5, 5.41) is 3.67. The lowest BCUT2D eigenvalue weighted by Crippen LogP contribution is -2.47. The summed E-state index contributed by atoms with van der Waals surface area (Å²) in [6, 6.07) is 4.23. The van der Waals surface area contributed by atoms with E-state index in [2.05, 4.69) is 19.2 Å². The van der Waals surface area contributed by atoms with Gasteiger partial charge in [-0.15, -0.1) is 0 Å². The molecule has 2 fully saturated rings. The summed E-state index contributed by atoms with van der Waals surface area (Å²) < 4.78 is 14.0. The molecule has 2 aliphatic rings. The Labute approximate surface area is 123 Å². The Balaban J connectivity index is 1.91. The van der Waals surface area contributed by atoms with Gasteiger partial charge in [-0.25, -0.2) is 4.39 Å². The molecule has 2 heterocycles. The van der Waals surface area contributed by atoms with Crippen molar-refractivity contribution in [3.8, 4) is 0 Å². The highest BCUT2D eigenvalue weighted by molar-refractivity contribution is 6.30. The van der Waals surface area contributed by atoms with Crippen molar-refractivity contribution in [1.29, 1.82) is 0 Å². The molecular weight excluding hydrogens is 279 g/mol. The number of fused-ring (bicyclic) bond motifs is 1. The maximum Gasteiger partial charge on any atom is 0.257 e. The topological polar surface area (TPSA) is 32.3 Å². The van der Waals surface area contributed by atoms with Crippen LogP contribution < -0.4 is 5.32 Å². The van der Waals surface area contributed by atoms with E-state index in [1.807, 2.05) is 4.90 Å². The van der Waals surface area contributed by atoms with Crippen LogP contribution in [-0.2, 0) is 0 Å². The first-order chi connectivity index (χ1) is 9.41. The highest BCUT2D eigenvalue weighted by Gasteiger charge is 2.51. The maximum absolute atomic E-state index is 14.0. The molecule has 108 valence electrons. The first kappa shape index (κ1) is 13.8. The molecule has 20 heavy (non-hydrogen) atoms. The van der Waals surface area contributed by atoms with Gasteiger partial charge in [-0.05, 0) is 43.9 Å². The van der Waals surface area contributed by atoms with Gasteiger partial charge in [0.15, 0.2) is 0 Å². The number of benzene rings is 1. The summed E-state index contributed by atoms with van der Waals surface area (Å²) in [4.78, 5) is 14.5. The lowest BCUT2D eigenvalue weighted by molar-refractivity contribution is 0.0598. The highest BCUT2D eigenvalue weighted by atomic mass is 35.5. The van der Waals surface area contributed by atoms with Crippen molar-refractivity contribution >= 4 is 17.5 Å². The van der Waals surface area contributed by atoms with Gasteiger partial charge in [0, 0.05) is 30.2 Å². The minimum absolute atomic E-state index is 0.107. The van der Waals surface area contributed by atoms with Crippen LogP contribution in [0.2, 0.25) is 5.02 Å². The van der Waals surface area contributed by atoms with E-state index in [1.165, 1.54) is 12.1 Å². The first-order valence-corrected chi connectivity index (χ1v) is 7.27. The molecule has 3 nitrogen and oxygen atoms in total. The first-order valence-electron chi connectivity index (χ1n) is 6.89. The van der Waals surface area contributed by atoms with E-state index in [1.54, 1.807) is 6.07 Å². The van der Waals surface area contributed by atoms with Crippen LogP contribution in [0, 0.1) is 17.7 Å². The fourth-order valence-electron chi connectivity index (χ4n) is 3.57. The number of nitrogens with one attached hydrogen (secondary N) is 1. The molecular formula is C15H18ClFN2O. The number of amides is 1. The summed E-state index contributed by atoms with van der Waals surface area (Å²) in [5.74, 6) is 0.109. The Hall–Kier alpha value is -1.13. The third-order valence-corrected chi connectivity index (χ3v) is 5.00. The Morgan fingerprint density at radius 1 is 1.45 bits per heavy atom. The van der Waals surface area contributed by atoms with Gasteiger partial charge in [0.1, 0.15) is 5.82 Å². The quantitative estimate of drug-likeness (QED) is 0.864. The molecule has 1 aromatic carbocycles. The SMILES string of the molecule is CC1(C)C2CNCC2CN1C(=O)c1ccc(Cl)cc1F. The zero-order valence-electron chi connectivity index (χ0n) is 11.6. The van der Waals surface area contributed by atoms with Gasteiger partial charge in [-0.2, -0.15) is 0 Å². The van der Waals surface area contributed by atoms with Crippen molar-refractivity contribution in [3.05, 3.63) is 34.6 Å². The van der Waals surface area contributed by atoms with Crippen molar-refractivity contribution in [2.75, 3.05) is 19.6 Å². The molecule has 0 radical (unpaired) electrons. The van der Waals surface area contributed by atoms with Crippen LogP contribution in [0.15, 0.2) is 18.2 Å². The Kier molecular flexibility index (Phi) is 3.26. The Morgan fingerprint density at radius 3 is 2.85 bits per heavy atom. The molecule has 1 amide bonds. The fraction of sp³-hybridized carbons (Fsp3) is 0.533. The van der Waals surface area contributed by atoms with Crippen LogP contribution in [-0.4, -0.2) is 36.0 Å². The molecule has 2 saturated heterocycles. The average molecular weight is 297 g/mol. The second kappa shape index (κ2) is 4.71. The van der Waals surface area contributed by atoms with E-state index in [0.717, 1.165) is 13.1 Å². The van der Waals surface area contributed by atoms with E-state index in [4.69, 9.17) is 11.6 Å². The van der Waals surface area contributed by atoms with Crippen molar-refractivity contribution in [3.63, 3.8) is 0 Å². The number of halogens is 2. The maximum atomic E-state index is 14.0. The molecule has 5 heteroatoms. The number of carbonyl (C=O) groups is 1. The summed E-state index contributed by atoms with van der Waals surface area (Å²) in [5.41, 5.74) is -0.146. The van der Waals surface area contributed by atoms with E-state index >= 15 is 0 Å². The minimum atomic E-state index is -0.548. The van der Waals surface area contributed by atoms with Crippen LogP contribution >= 0.6 is 11.6 Å². The van der Waals surface area contributed by atoms with E-state index in [9.17, 15) is 9.18 Å². The molecule has 2 unspecified atom stereocenters. The zero-order chi connectivity index (χ0) is 14.5. The van der Waals surface area contributed by atoms with Gasteiger partial charge >= 0.3 is 0 Å². The summed E-state index contributed by atoms with van der Waals surface area (Å²) in [7, 11) is 0. The van der Waals surface area contributed by atoms with Gasteiger partial charge < -0.3 is 10.2 Å². The monoisotopic (exact) mass is 296 g/mol. The molecule has 1 N–H and O–H groups in total. The summed E-state index contributed by atoms with van der Waals surface area (Å²) >= 11 is 5.74. The summed E-state index contributed by atoms with van der Waals surface area (Å²) in [6.07, 6.45) is 0. The zero-order valence-corrected chi connectivity index (χ0v) is 12.4. The number of nitrogens with zero attached hydrogens (tertiary/aromatic N) is 1. The van der Waals surface area contributed by atoms with Gasteiger partial charge in [0.05, 0.1) is 5.56 Å². The molecule has 2 aliphatic heterocycles. The van der Waals surface area contributed by atoms with E-state index < -0.39 is 5.82 Å². The smallest absolute Gasteiger partial charge is 0.257 e. The predicted molar refractivity (Wildman–Crippen MR) is 76.4 cm³/mol. The van der Waals surface area contributed by atoms with Crippen LogP contribution in [0.5, 0.6) is 0 Å². The van der Waals surface area contributed by atoms with Gasteiger partial charge in [0.2, 0.25) is 0 Å². The number of rotatable bonds is 1. The fourth-order valence-corrected chi connectivity index (χ4v) is 3.73. The second-order valence-corrected chi connectivity index (χ2v) is 6.65. The Morgan fingerprint density at radius 2 is 2.20 bits per heavy atom. The Bertz CT molecular complexity index is 561. The normalized spacial score (nSPS) is 27.7. The minimum Gasteiger partial charge on any atom is -0.333 e. The standard InChI is InChI=1S/C15H18ClFN2O/c1-15(2)12-7-18-6-9(12)8-19(15)14(20)11-4-3-10(16)5-13(11)17/h3-5,9,12,18H,6-8H2,1-2H3. The highest BCUT2D eigenvalue weighted by Crippen LogP contribution is 2.41. The van der Waals surface area contributed by atoms with Gasteiger partial charge in [0.25, 0.3) is 5.91 Å². The molecule has 2 atom stereocenters. The van der Waals surface area contributed by atoms with E-state index in [-0.39, 0.29) is 17.0 Å². The van der Waals surface area contributed by atoms with Crippen LogP contribution in [0.1, 0.15) is 24.2 Å². The number of hydrogen-bond donors (Lipinski definition) is 1. The van der Waals surface area contributed by atoms with E-state index in [0.29, 0.717) is 23.4 Å². The van der Waals surface area contributed by atoms with Crippen molar-refractivity contribution < 1.29 is 9.18 Å². The molecule has 0 bridgehead atoms. The number of likely N-dealkylation sites (tertiary alicyclic amines) is 1. The van der Waals surface area contributed by atoms with Gasteiger partial charge in [-0.3, -0.25) is 4.79 Å². The molecule has 0 saturated carbocycles. The van der Waals surface area contributed by atoms with Crippen molar-refractivity contribution in [2.45, 2.75) is 19.4 Å². The average Bonchev–Trinajstić information content (AvgIpc) is 2.91. The van der Waals surface area contributed by atoms with Crippen LogP contribution in [0.4, 0.5) is 4.39 Å². The third-order valence-electron chi connectivity index (χ3n) is 4.77. The predicted octanol–water partition coefficient (Wildman–Crippen LogP) is 2.55. The number of carbonyl (C=O) groups excluding carboxylic acids is 1. The largest absolute Gasteiger partial charge is 0.333 e. The summed E-state index contributed by atoms with van der Waals surface area (Å²) in [6.45, 7) is 6.67. The van der Waals surface area contributed by atoms with Crippen LogP contribution in [0.3, 0.4) is 0 Å². The van der Waals surface area contributed by atoms with Gasteiger partial charge in [-0.1, -0.05) is 11.6 Å². The van der Waals surface area contributed by atoms with Crippen molar-refractivity contribution in [1.82, 2.24) is 10.2 Å². The van der Waals surface area contributed by atoms with Crippen molar-refractivity contribution in [2.24, 2.45) is 11.8 Å². The molecule has 0 spiro atoms. The number of hydrogen-bond acceptors (Lipinski definition) is 2. The molecule has 1 aromatic rings. The lowest BCUT2D eigenvalue weighted by Gasteiger charge is -2.35. The molecule has 0 aromatic heterocycles. The van der Waals surface area contributed by atoms with Crippen LogP contribution in [0.25, 0.3) is 0 Å². The lowest BCUT2D eigenvalue weighted by atomic mass is 9.84. The molecule has 0 aliphatic carbocycles. The third kappa shape index (κ3) is 2.02. The second-order valence-electron chi connectivity index (χ2n) is 6.22. The molecule has 3 rings (SSSR count).